The average molecular weight is 824 g/mol. The van der Waals surface area contributed by atoms with Gasteiger partial charge in [-0.2, -0.15) is 0 Å². The maximum absolute atomic E-state index is 13.9. The van der Waals surface area contributed by atoms with E-state index < -0.39 is 69.7 Å². The first-order valence-corrected chi connectivity index (χ1v) is 19.5. The number of hydrazine groups is 1. The molecule has 0 unspecified atom stereocenters. The van der Waals surface area contributed by atoms with Gasteiger partial charge in [0.25, 0.3) is 5.91 Å². The standard InChI is InChI=1S/C37H45Cl3N6O7S/c1-21(2)31(44-35(51)36(5,6)14-13-24-9-10-25-11-12-27(42-29(25)16-24)22(3)53-23(4)47)32(48)43-30(17-26-18-54-20-41-26)33(49)46-15-7-8-28(45-46)34(50)52-19-37(38,39)40/h9-14,16,18,20-22,28,30-31,45H,7-8,15,17,19H2,1-6H3,(H,43,48)(H,44,51)/t22-,28+,30+,31+/m1/s1. The number of nitrogens with zero attached hydrogens (tertiary/aromatic N) is 3. The number of pyridine rings is 1. The highest BCUT2D eigenvalue weighted by atomic mass is 35.6. The molecule has 4 rings (SSSR count). The van der Waals surface area contributed by atoms with Gasteiger partial charge in [-0.25, -0.2) is 15.4 Å². The monoisotopic (exact) mass is 822 g/mol. The van der Waals surface area contributed by atoms with Gasteiger partial charge in [0.1, 0.15) is 30.8 Å². The largest absolute Gasteiger partial charge is 0.460 e. The van der Waals surface area contributed by atoms with E-state index in [0.29, 0.717) is 29.7 Å². The third kappa shape index (κ3) is 12.4. The summed E-state index contributed by atoms with van der Waals surface area (Å²) < 4.78 is 8.60. The first kappa shape index (κ1) is 42.9. The molecule has 0 bridgehead atoms. The van der Waals surface area contributed by atoms with Gasteiger partial charge in [0, 0.05) is 30.7 Å². The number of fused-ring (bicyclic) bond motifs is 1. The molecule has 54 heavy (non-hydrogen) atoms. The highest BCUT2D eigenvalue weighted by Gasteiger charge is 2.37. The lowest BCUT2D eigenvalue weighted by atomic mass is 9.89. The van der Waals surface area contributed by atoms with Gasteiger partial charge >= 0.3 is 11.9 Å². The predicted octanol–water partition coefficient (Wildman–Crippen LogP) is 5.63. The lowest BCUT2D eigenvalue weighted by Gasteiger charge is -2.35. The van der Waals surface area contributed by atoms with E-state index >= 15 is 0 Å². The lowest BCUT2D eigenvalue weighted by Crippen LogP contribution is -2.62. The number of hydrogen-bond donors (Lipinski definition) is 3. The highest BCUT2D eigenvalue weighted by Crippen LogP contribution is 2.27. The number of halogens is 3. The molecule has 2 aromatic heterocycles. The van der Waals surface area contributed by atoms with Crippen LogP contribution in [0.2, 0.25) is 0 Å². The third-order valence-electron chi connectivity index (χ3n) is 8.64. The molecule has 292 valence electrons. The summed E-state index contributed by atoms with van der Waals surface area (Å²) in [6.45, 7) is 9.97. The van der Waals surface area contributed by atoms with E-state index in [0.717, 1.165) is 10.9 Å². The van der Waals surface area contributed by atoms with Crippen molar-refractivity contribution < 1.29 is 33.4 Å². The van der Waals surface area contributed by atoms with Gasteiger partial charge in [0.2, 0.25) is 15.6 Å². The average Bonchev–Trinajstić information content (AvgIpc) is 3.63. The molecule has 17 heteroatoms. The molecular formula is C37H45Cl3N6O7S. The zero-order valence-electron chi connectivity index (χ0n) is 30.9. The second-order valence-corrected chi connectivity index (χ2v) is 17.2. The quantitative estimate of drug-likeness (QED) is 0.137. The molecule has 3 aromatic rings. The molecule has 4 atom stereocenters. The van der Waals surface area contributed by atoms with Crippen LogP contribution >= 0.6 is 46.1 Å². The number of thiazole rings is 1. The summed E-state index contributed by atoms with van der Waals surface area (Å²) in [7, 11) is 0. The molecule has 13 nitrogen and oxygen atoms in total. The van der Waals surface area contributed by atoms with Gasteiger partial charge in [-0.3, -0.25) is 29.0 Å². The first-order valence-electron chi connectivity index (χ1n) is 17.4. The number of ether oxygens (including phenoxy) is 2. The van der Waals surface area contributed by atoms with Gasteiger partial charge in [0.05, 0.1) is 27.8 Å². The maximum atomic E-state index is 13.9. The van der Waals surface area contributed by atoms with E-state index in [-0.39, 0.29) is 18.9 Å². The maximum Gasteiger partial charge on any atom is 0.325 e. The Hall–Kier alpha value is -3.82. The summed E-state index contributed by atoms with van der Waals surface area (Å²) in [5, 5.41) is 9.68. The van der Waals surface area contributed by atoms with Crippen molar-refractivity contribution in [1.82, 2.24) is 31.0 Å². The van der Waals surface area contributed by atoms with Crippen molar-refractivity contribution in [3.05, 3.63) is 64.2 Å². The Kier molecular flexibility index (Phi) is 14.8. The highest BCUT2D eigenvalue weighted by molar-refractivity contribution is 7.07. The van der Waals surface area contributed by atoms with Crippen LogP contribution in [-0.4, -0.2) is 79.7 Å². The third-order valence-corrected chi connectivity index (χ3v) is 9.60. The Morgan fingerprint density at radius 1 is 1.09 bits per heavy atom. The van der Waals surface area contributed by atoms with Crippen molar-refractivity contribution >= 4 is 92.8 Å². The van der Waals surface area contributed by atoms with Crippen LogP contribution in [0.1, 0.15) is 77.4 Å². The van der Waals surface area contributed by atoms with Gasteiger partial charge < -0.3 is 20.1 Å². The number of rotatable bonds is 14. The number of alkyl halides is 3. The van der Waals surface area contributed by atoms with Crippen LogP contribution < -0.4 is 16.1 Å². The molecule has 1 aliphatic rings. The number of esters is 2. The van der Waals surface area contributed by atoms with Crippen molar-refractivity contribution in [1.29, 1.82) is 0 Å². The van der Waals surface area contributed by atoms with Crippen molar-refractivity contribution in [2.24, 2.45) is 11.3 Å². The van der Waals surface area contributed by atoms with E-state index in [4.69, 9.17) is 44.3 Å². The number of benzene rings is 1. The van der Waals surface area contributed by atoms with Crippen LogP contribution in [0, 0.1) is 11.3 Å². The minimum Gasteiger partial charge on any atom is -0.460 e. The summed E-state index contributed by atoms with van der Waals surface area (Å²) >= 11 is 18.5. The minimum absolute atomic E-state index is 0.0758. The van der Waals surface area contributed by atoms with E-state index in [1.54, 1.807) is 51.6 Å². The SMILES string of the molecule is CC(=O)O[C@H](C)c1ccc2ccc(C=CC(C)(C)C(=O)N[C@H](C(=O)N[C@@H](Cc3cscn3)C(=O)N3CCC[C@@H](C(=O)OCC(Cl)(Cl)Cl)N3)C(C)C)cc2n1. The van der Waals surface area contributed by atoms with Gasteiger partial charge in [-0.1, -0.05) is 79.0 Å². The van der Waals surface area contributed by atoms with Crippen molar-refractivity contribution in [2.45, 2.75) is 88.8 Å². The van der Waals surface area contributed by atoms with E-state index in [1.165, 1.54) is 23.3 Å². The topological polar surface area (TPSA) is 169 Å². The van der Waals surface area contributed by atoms with E-state index in [2.05, 4.69) is 26.0 Å². The lowest BCUT2D eigenvalue weighted by molar-refractivity contribution is -0.153. The van der Waals surface area contributed by atoms with E-state index in [1.807, 2.05) is 36.4 Å². The van der Waals surface area contributed by atoms with Crippen molar-refractivity contribution in [3.8, 4) is 0 Å². The fourth-order valence-corrected chi connectivity index (χ4v) is 6.33. The molecule has 1 saturated heterocycles. The van der Waals surface area contributed by atoms with Crippen molar-refractivity contribution in [2.75, 3.05) is 13.2 Å². The van der Waals surface area contributed by atoms with Crippen LogP contribution in [0.3, 0.4) is 0 Å². The number of hydrogen-bond acceptors (Lipinski definition) is 11. The van der Waals surface area contributed by atoms with Gasteiger partial charge in [-0.05, 0) is 57.2 Å². The second kappa shape index (κ2) is 18.7. The molecule has 3 amide bonds. The zero-order chi connectivity index (χ0) is 39.8. The Labute approximate surface area is 333 Å². The molecule has 3 heterocycles. The fourth-order valence-electron chi connectivity index (χ4n) is 5.60. The number of amides is 3. The summed E-state index contributed by atoms with van der Waals surface area (Å²) in [6.07, 6.45) is 3.98. The Morgan fingerprint density at radius 2 is 1.81 bits per heavy atom. The van der Waals surface area contributed by atoms with Crippen LogP contribution in [0.5, 0.6) is 0 Å². The number of aromatic nitrogens is 2. The Bertz CT molecular complexity index is 1850. The fraction of sp³-hybridized carbons (Fsp3) is 0.486. The second-order valence-electron chi connectivity index (χ2n) is 14.0. The van der Waals surface area contributed by atoms with E-state index in [9.17, 15) is 24.0 Å². The number of nitrogens with one attached hydrogen (secondary N) is 3. The first-order chi connectivity index (χ1) is 25.3. The minimum atomic E-state index is -1.79. The van der Waals surface area contributed by atoms with Gasteiger partial charge in [0.15, 0.2) is 0 Å². The van der Waals surface area contributed by atoms with Gasteiger partial charge in [-0.15, -0.1) is 11.3 Å². The Balaban J connectivity index is 1.46. The zero-order valence-corrected chi connectivity index (χ0v) is 33.9. The molecular weight excluding hydrogens is 779 g/mol. The normalized spacial score (nSPS) is 16.9. The van der Waals surface area contributed by atoms with Crippen molar-refractivity contribution in [3.63, 3.8) is 0 Å². The molecule has 3 N–H and O–H groups in total. The Morgan fingerprint density at radius 3 is 2.46 bits per heavy atom. The summed E-state index contributed by atoms with van der Waals surface area (Å²) in [5.41, 5.74) is 6.16. The molecule has 1 aromatic carbocycles. The van der Waals surface area contributed by atoms with Crippen LogP contribution in [0.25, 0.3) is 17.0 Å². The van der Waals surface area contributed by atoms with Crippen LogP contribution in [0.4, 0.5) is 0 Å². The summed E-state index contributed by atoms with van der Waals surface area (Å²) in [6, 6.07) is 6.47. The smallest absolute Gasteiger partial charge is 0.325 e. The van der Waals surface area contributed by atoms with Crippen LogP contribution in [-0.2, 0) is 39.9 Å². The molecule has 0 spiro atoms. The molecule has 0 saturated carbocycles. The molecule has 1 fully saturated rings. The predicted molar refractivity (Wildman–Crippen MR) is 208 cm³/mol. The molecule has 1 aliphatic heterocycles. The number of carbonyl (C=O) groups excluding carboxylic acids is 5. The van der Waals surface area contributed by atoms with Crippen LogP contribution in [0.15, 0.2) is 47.3 Å². The molecule has 0 aliphatic carbocycles. The number of carbonyl (C=O) groups is 5. The summed E-state index contributed by atoms with van der Waals surface area (Å²) in [5.74, 6) is -2.88. The molecule has 0 radical (unpaired) electrons. The summed E-state index contributed by atoms with van der Waals surface area (Å²) in [4.78, 5) is 74.5.